The molecule has 4 heterocycles. The maximum absolute atomic E-state index is 11.6. The normalized spacial score (nSPS) is 19.7. The Morgan fingerprint density at radius 1 is 0.913 bits per heavy atom. The Morgan fingerprint density at radius 2 is 1.61 bits per heavy atom. The van der Waals surface area contributed by atoms with E-state index in [-0.39, 0.29) is 5.28 Å². The van der Waals surface area contributed by atoms with Gasteiger partial charge in [0, 0.05) is 13.1 Å². The van der Waals surface area contributed by atoms with Crippen LogP contribution in [0.25, 0.3) is 11.0 Å². The summed E-state index contributed by atoms with van der Waals surface area (Å²) in [5.41, 5.74) is 1.43. The van der Waals surface area contributed by atoms with Gasteiger partial charge >= 0.3 is 0 Å². The number of hydrogen-bond acceptors (Lipinski definition) is 7. The third-order valence-corrected chi connectivity index (χ3v) is 5.74. The molecule has 4 rings (SSSR count). The zero-order valence-corrected chi connectivity index (χ0v) is 14.2. The zero-order chi connectivity index (χ0) is 15.8. The Labute approximate surface area is 142 Å². The molecule has 0 aromatic carbocycles. The molecule has 2 aromatic heterocycles. The maximum atomic E-state index is 11.6. The lowest BCUT2D eigenvalue weighted by Gasteiger charge is -2.29. The highest BCUT2D eigenvalue weighted by molar-refractivity contribution is 7.91. The van der Waals surface area contributed by atoms with E-state index < -0.39 is 11.2 Å². The second kappa shape index (κ2) is 6.26. The van der Waals surface area contributed by atoms with Gasteiger partial charge in [-0.05, 0) is 24.4 Å². The van der Waals surface area contributed by atoms with Gasteiger partial charge < -0.3 is 14.4 Å². The van der Waals surface area contributed by atoms with Crippen LogP contribution in [-0.4, -0.2) is 62.2 Å². The van der Waals surface area contributed by atoms with Gasteiger partial charge in [-0.25, -0.2) is 15.0 Å². The Balaban J connectivity index is 1.80. The van der Waals surface area contributed by atoms with Crippen molar-refractivity contribution in [1.29, 1.82) is 0 Å². The van der Waals surface area contributed by atoms with Crippen LogP contribution >= 0.6 is 11.6 Å². The smallest absolute Gasteiger partial charge is 0.225 e. The lowest BCUT2D eigenvalue weighted by Crippen LogP contribution is -2.41. The molecule has 0 amide bonds. The first-order valence-electron chi connectivity index (χ1n) is 7.75. The summed E-state index contributed by atoms with van der Waals surface area (Å²) in [6, 6.07) is 0. The van der Waals surface area contributed by atoms with Crippen LogP contribution in [0.1, 0.15) is 12.8 Å². The van der Waals surface area contributed by atoms with Crippen molar-refractivity contribution in [3.05, 3.63) is 11.6 Å². The average Bonchev–Trinajstić information content (AvgIpc) is 3.08. The summed E-state index contributed by atoms with van der Waals surface area (Å²) in [5.74, 6) is 2.85. The molecule has 2 saturated heterocycles. The second-order valence-electron chi connectivity index (χ2n) is 5.74. The third-order valence-electron chi connectivity index (χ3n) is 4.30. The fourth-order valence-electron chi connectivity index (χ4n) is 3.12. The van der Waals surface area contributed by atoms with Gasteiger partial charge in [-0.15, -0.1) is 0 Å². The van der Waals surface area contributed by atoms with E-state index in [4.69, 9.17) is 11.6 Å². The standard InChI is InChI=1S/C14H17ClN6OS/c15-14-18-11-10(13(19-14)21-5-7-23(22)8-6-21)16-9-17-12(11)20-3-1-2-4-20/h9H,1-8H2. The molecule has 0 spiro atoms. The van der Waals surface area contributed by atoms with Crippen molar-refractivity contribution in [1.82, 2.24) is 19.9 Å². The lowest BCUT2D eigenvalue weighted by atomic mass is 10.3. The molecule has 0 saturated carbocycles. The molecule has 122 valence electrons. The lowest BCUT2D eigenvalue weighted by molar-refractivity contribution is 0.585. The highest BCUT2D eigenvalue weighted by Crippen LogP contribution is 2.30. The van der Waals surface area contributed by atoms with Crippen LogP contribution in [-0.2, 0) is 11.2 Å². The van der Waals surface area contributed by atoms with Crippen LogP contribution in [0.15, 0.2) is 6.33 Å². The molecule has 7 nitrogen and oxygen atoms in total. The number of rotatable bonds is 2. The van der Waals surface area contributed by atoms with Crippen molar-refractivity contribution in [3.63, 3.8) is 0 Å². The minimum Gasteiger partial charge on any atom is -0.616 e. The Hall–Kier alpha value is -1.38. The Morgan fingerprint density at radius 3 is 2.35 bits per heavy atom. The van der Waals surface area contributed by atoms with Crippen molar-refractivity contribution in [2.75, 3.05) is 47.5 Å². The number of nitrogens with zero attached hydrogens (tertiary/aromatic N) is 6. The van der Waals surface area contributed by atoms with E-state index >= 15 is 0 Å². The van der Waals surface area contributed by atoms with Crippen LogP contribution in [0.4, 0.5) is 11.6 Å². The minimum atomic E-state index is -0.739. The summed E-state index contributed by atoms with van der Waals surface area (Å²) in [6.45, 7) is 3.34. The van der Waals surface area contributed by atoms with E-state index in [1.807, 2.05) is 0 Å². The van der Waals surface area contributed by atoms with Crippen LogP contribution in [0.3, 0.4) is 0 Å². The van der Waals surface area contributed by atoms with Gasteiger partial charge in [-0.1, -0.05) is 11.2 Å². The van der Waals surface area contributed by atoms with Crippen molar-refractivity contribution < 1.29 is 4.55 Å². The van der Waals surface area contributed by atoms with Crippen LogP contribution < -0.4 is 9.80 Å². The molecule has 2 fully saturated rings. The summed E-state index contributed by atoms with van der Waals surface area (Å²) in [5, 5.41) is 0.203. The first kappa shape index (κ1) is 15.2. The fraction of sp³-hybridized carbons (Fsp3) is 0.571. The molecule has 0 unspecified atom stereocenters. The topological polar surface area (TPSA) is 81.1 Å². The van der Waals surface area contributed by atoms with Gasteiger partial charge in [-0.3, -0.25) is 0 Å². The summed E-state index contributed by atoms with van der Waals surface area (Å²) >= 11 is 5.43. The van der Waals surface area contributed by atoms with Crippen LogP contribution in [0.2, 0.25) is 5.28 Å². The number of fused-ring (bicyclic) bond motifs is 1. The second-order valence-corrected chi connectivity index (χ2v) is 7.77. The molecule has 23 heavy (non-hydrogen) atoms. The predicted octanol–water partition coefficient (Wildman–Crippen LogP) is 1.24. The van der Waals surface area contributed by atoms with E-state index in [2.05, 4.69) is 29.7 Å². The number of aromatic nitrogens is 4. The summed E-state index contributed by atoms with van der Waals surface area (Å²) in [4.78, 5) is 21.9. The van der Waals surface area contributed by atoms with E-state index in [1.54, 1.807) is 6.33 Å². The highest BCUT2D eigenvalue weighted by Gasteiger charge is 2.25. The minimum absolute atomic E-state index is 0.203. The molecular formula is C14H17ClN6OS. The number of hydrogen-bond donors (Lipinski definition) is 0. The third kappa shape index (κ3) is 2.90. The molecule has 0 radical (unpaired) electrons. The molecule has 2 aliphatic rings. The average molecular weight is 353 g/mol. The molecule has 0 bridgehead atoms. The molecule has 0 N–H and O–H groups in total. The van der Waals surface area contributed by atoms with Gasteiger partial charge in [0.25, 0.3) is 0 Å². The van der Waals surface area contributed by atoms with E-state index in [9.17, 15) is 4.55 Å². The van der Waals surface area contributed by atoms with Gasteiger partial charge in [0.15, 0.2) is 11.6 Å². The van der Waals surface area contributed by atoms with Gasteiger partial charge in [-0.2, -0.15) is 4.98 Å². The molecule has 2 aliphatic heterocycles. The van der Waals surface area contributed by atoms with Crippen LogP contribution in [0, 0.1) is 0 Å². The largest absolute Gasteiger partial charge is 0.616 e. The summed E-state index contributed by atoms with van der Waals surface area (Å²) in [7, 11) is 0. The molecule has 0 aliphatic carbocycles. The molecule has 2 aromatic rings. The Kier molecular flexibility index (Phi) is 4.13. The van der Waals surface area contributed by atoms with Gasteiger partial charge in [0.05, 0.1) is 13.1 Å². The zero-order valence-electron chi connectivity index (χ0n) is 12.6. The highest BCUT2D eigenvalue weighted by atomic mass is 35.5. The fourth-order valence-corrected chi connectivity index (χ4v) is 4.34. The molecule has 9 heteroatoms. The van der Waals surface area contributed by atoms with Crippen molar-refractivity contribution in [2.24, 2.45) is 0 Å². The van der Waals surface area contributed by atoms with Crippen molar-refractivity contribution in [2.45, 2.75) is 12.8 Å². The number of halogens is 1. The van der Waals surface area contributed by atoms with E-state index in [1.165, 1.54) is 0 Å². The summed E-state index contributed by atoms with van der Waals surface area (Å²) in [6.07, 6.45) is 3.89. The number of anilines is 2. The predicted molar refractivity (Wildman–Crippen MR) is 91.7 cm³/mol. The first-order chi connectivity index (χ1) is 11.2. The molecular weight excluding hydrogens is 336 g/mol. The van der Waals surface area contributed by atoms with E-state index in [0.717, 1.165) is 43.1 Å². The quantitative estimate of drug-likeness (QED) is 0.594. The van der Waals surface area contributed by atoms with E-state index in [0.29, 0.717) is 30.1 Å². The van der Waals surface area contributed by atoms with Crippen molar-refractivity contribution >= 4 is 45.4 Å². The summed E-state index contributed by atoms with van der Waals surface area (Å²) < 4.78 is 11.6. The molecule has 0 atom stereocenters. The monoisotopic (exact) mass is 352 g/mol. The van der Waals surface area contributed by atoms with Gasteiger partial charge in [0.2, 0.25) is 5.28 Å². The van der Waals surface area contributed by atoms with Gasteiger partial charge in [0.1, 0.15) is 28.9 Å². The SMILES string of the molecule is [O-][S+]1CCN(c2nc(Cl)nc3c(N4CCCC4)ncnc23)CC1. The first-order valence-corrected chi connectivity index (χ1v) is 9.62. The van der Waals surface area contributed by atoms with Crippen molar-refractivity contribution in [3.8, 4) is 0 Å². The Bertz CT molecular complexity index is 718. The maximum Gasteiger partial charge on any atom is 0.225 e. The van der Waals surface area contributed by atoms with Crippen LogP contribution in [0.5, 0.6) is 0 Å².